The first-order valence-corrected chi connectivity index (χ1v) is 10.8. The molecular weight excluding hydrogens is 472 g/mol. The summed E-state index contributed by atoms with van der Waals surface area (Å²) in [5, 5.41) is 3.98. The van der Waals surface area contributed by atoms with Crippen molar-refractivity contribution in [3.05, 3.63) is 87.4 Å². The van der Waals surface area contributed by atoms with Crippen molar-refractivity contribution >= 4 is 28.1 Å². The van der Waals surface area contributed by atoms with Crippen LogP contribution >= 0.6 is 15.9 Å². The third-order valence-corrected chi connectivity index (χ3v) is 5.49. The zero-order valence-corrected chi connectivity index (χ0v) is 19.8. The van der Waals surface area contributed by atoms with Gasteiger partial charge in [-0.3, -0.25) is 4.79 Å². The fourth-order valence-corrected chi connectivity index (χ4v) is 3.04. The number of benzene rings is 3. The van der Waals surface area contributed by atoms with Crippen LogP contribution in [0, 0.1) is 13.8 Å². The number of carbonyl (C=O) groups excluding carboxylic acids is 1. The van der Waals surface area contributed by atoms with Crippen molar-refractivity contribution in [2.75, 3.05) is 13.7 Å². The normalized spacial score (nSPS) is 10.8. The molecule has 3 aromatic carbocycles. The first-order chi connectivity index (χ1) is 15.4. The number of nitrogens with zero attached hydrogens (tertiary/aromatic N) is 1. The average molecular weight is 497 g/mol. The van der Waals surface area contributed by atoms with E-state index in [0.29, 0.717) is 23.9 Å². The number of hydrogen-bond acceptors (Lipinski definition) is 5. The fourth-order valence-electron chi connectivity index (χ4n) is 2.80. The predicted octanol–water partition coefficient (Wildman–Crippen LogP) is 5.18. The van der Waals surface area contributed by atoms with Crippen LogP contribution in [-0.4, -0.2) is 25.8 Å². The van der Waals surface area contributed by atoms with E-state index in [-0.39, 0.29) is 12.5 Å². The van der Waals surface area contributed by atoms with E-state index in [2.05, 4.69) is 38.6 Å². The minimum Gasteiger partial charge on any atom is -0.493 e. The highest BCUT2D eigenvalue weighted by Gasteiger charge is 2.07. The van der Waals surface area contributed by atoms with Crippen molar-refractivity contribution in [3.63, 3.8) is 0 Å². The maximum absolute atomic E-state index is 12.0. The van der Waals surface area contributed by atoms with Gasteiger partial charge in [0.05, 0.1) is 13.3 Å². The molecule has 3 aromatic rings. The van der Waals surface area contributed by atoms with Gasteiger partial charge in [0.1, 0.15) is 12.4 Å². The summed E-state index contributed by atoms with van der Waals surface area (Å²) < 4.78 is 17.8. The number of nitrogens with one attached hydrogen (secondary N) is 1. The van der Waals surface area contributed by atoms with E-state index in [4.69, 9.17) is 14.2 Å². The van der Waals surface area contributed by atoms with Crippen LogP contribution in [-0.2, 0) is 11.4 Å². The highest BCUT2D eigenvalue weighted by atomic mass is 79.9. The number of ether oxygens (including phenoxy) is 3. The second kappa shape index (κ2) is 11.3. The molecule has 0 aromatic heterocycles. The highest BCUT2D eigenvalue weighted by molar-refractivity contribution is 9.10. The lowest BCUT2D eigenvalue weighted by atomic mass is 10.2. The lowest BCUT2D eigenvalue weighted by Gasteiger charge is -2.11. The van der Waals surface area contributed by atoms with Crippen molar-refractivity contribution < 1.29 is 19.0 Å². The fraction of sp³-hybridized carbons (Fsp3) is 0.200. The lowest BCUT2D eigenvalue weighted by Crippen LogP contribution is -2.24. The Hall–Kier alpha value is -3.32. The van der Waals surface area contributed by atoms with E-state index >= 15 is 0 Å². The third-order valence-electron chi connectivity index (χ3n) is 4.60. The molecule has 0 aliphatic carbocycles. The topological polar surface area (TPSA) is 69.2 Å². The second-order valence-corrected chi connectivity index (χ2v) is 8.03. The van der Waals surface area contributed by atoms with Crippen LogP contribution in [0.1, 0.15) is 22.3 Å². The van der Waals surface area contributed by atoms with Crippen LogP contribution in [0.5, 0.6) is 17.2 Å². The smallest absolute Gasteiger partial charge is 0.277 e. The average Bonchev–Trinajstić information content (AvgIpc) is 2.80. The number of aryl methyl sites for hydroxylation is 2. The molecule has 0 radical (unpaired) electrons. The Morgan fingerprint density at radius 2 is 1.78 bits per heavy atom. The van der Waals surface area contributed by atoms with Crippen LogP contribution in [0.2, 0.25) is 0 Å². The molecule has 0 atom stereocenters. The van der Waals surface area contributed by atoms with Crippen molar-refractivity contribution in [1.29, 1.82) is 0 Å². The molecule has 0 saturated heterocycles. The van der Waals surface area contributed by atoms with Gasteiger partial charge in [-0.15, -0.1) is 0 Å². The standard InChI is InChI=1S/C25H25BrN2O4/c1-17-4-6-19(7-5-17)15-32-23-11-8-20(13-24(23)30-3)14-27-28-25(29)16-31-21-9-10-22(26)18(2)12-21/h4-14H,15-16H2,1-3H3,(H,28,29)/b27-14+. The molecule has 1 amide bonds. The highest BCUT2D eigenvalue weighted by Crippen LogP contribution is 2.28. The Morgan fingerprint density at radius 3 is 2.50 bits per heavy atom. The molecule has 0 spiro atoms. The minimum absolute atomic E-state index is 0.131. The number of rotatable bonds is 9. The monoisotopic (exact) mass is 496 g/mol. The Morgan fingerprint density at radius 1 is 1.00 bits per heavy atom. The summed E-state index contributed by atoms with van der Waals surface area (Å²) in [6.07, 6.45) is 1.54. The summed E-state index contributed by atoms with van der Waals surface area (Å²) >= 11 is 3.43. The number of hydrogen-bond donors (Lipinski definition) is 1. The van der Waals surface area contributed by atoms with Crippen LogP contribution in [0.3, 0.4) is 0 Å². The summed E-state index contributed by atoms with van der Waals surface area (Å²) in [5.74, 6) is 1.48. The first-order valence-electron chi connectivity index (χ1n) is 10.0. The van der Waals surface area contributed by atoms with Crippen LogP contribution < -0.4 is 19.6 Å². The predicted molar refractivity (Wildman–Crippen MR) is 129 cm³/mol. The molecule has 0 unspecified atom stereocenters. The van der Waals surface area contributed by atoms with Crippen molar-refractivity contribution in [2.45, 2.75) is 20.5 Å². The molecule has 32 heavy (non-hydrogen) atoms. The summed E-state index contributed by atoms with van der Waals surface area (Å²) in [6, 6.07) is 19.1. The minimum atomic E-state index is -0.355. The van der Waals surface area contributed by atoms with E-state index in [0.717, 1.165) is 21.2 Å². The van der Waals surface area contributed by atoms with E-state index in [1.54, 1.807) is 19.2 Å². The molecule has 0 aliphatic rings. The molecule has 0 saturated carbocycles. The number of hydrazone groups is 1. The summed E-state index contributed by atoms with van der Waals surface area (Å²) in [5.41, 5.74) is 6.52. The number of amides is 1. The Labute approximate surface area is 196 Å². The summed E-state index contributed by atoms with van der Waals surface area (Å²) in [6.45, 7) is 4.31. The van der Waals surface area contributed by atoms with Crippen LogP contribution in [0.25, 0.3) is 0 Å². The number of halogens is 1. The van der Waals surface area contributed by atoms with Crippen molar-refractivity contribution in [1.82, 2.24) is 5.43 Å². The molecule has 166 valence electrons. The van der Waals surface area contributed by atoms with Crippen molar-refractivity contribution in [2.24, 2.45) is 5.10 Å². The lowest BCUT2D eigenvalue weighted by molar-refractivity contribution is -0.123. The molecule has 0 aliphatic heterocycles. The van der Waals surface area contributed by atoms with Gasteiger partial charge in [0.2, 0.25) is 0 Å². The van der Waals surface area contributed by atoms with Gasteiger partial charge in [-0.05, 0) is 66.9 Å². The van der Waals surface area contributed by atoms with Gasteiger partial charge in [0.15, 0.2) is 18.1 Å². The largest absolute Gasteiger partial charge is 0.493 e. The van der Waals surface area contributed by atoms with E-state index in [1.807, 2.05) is 50.2 Å². The number of carbonyl (C=O) groups is 1. The summed E-state index contributed by atoms with van der Waals surface area (Å²) in [4.78, 5) is 12.0. The second-order valence-electron chi connectivity index (χ2n) is 7.18. The first kappa shape index (κ1) is 23.3. The SMILES string of the molecule is COc1cc(/C=N/NC(=O)COc2ccc(Br)c(C)c2)ccc1OCc1ccc(C)cc1. The molecule has 7 heteroatoms. The van der Waals surface area contributed by atoms with E-state index in [1.165, 1.54) is 11.8 Å². The number of methoxy groups -OCH3 is 1. The quantitative estimate of drug-likeness (QED) is 0.327. The summed E-state index contributed by atoms with van der Waals surface area (Å²) in [7, 11) is 1.58. The Balaban J connectivity index is 1.51. The molecule has 1 N–H and O–H groups in total. The van der Waals surface area contributed by atoms with Gasteiger partial charge >= 0.3 is 0 Å². The van der Waals surface area contributed by atoms with Gasteiger partial charge in [-0.25, -0.2) is 5.43 Å². The van der Waals surface area contributed by atoms with E-state index in [9.17, 15) is 4.79 Å². The maximum Gasteiger partial charge on any atom is 0.277 e. The zero-order chi connectivity index (χ0) is 22.9. The molecule has 0 bridgehead atoms. The maximum atomic E-state index is 12.0. The van der Waals surface area contributed by atoms with Gasteiger partial charge in [0.25, 0.3) is 5.91 Å². The van der Waals surface area contributed by atoms with Crippen LogP contribution in [0.15, 0.2) is 70.2 Å². The van der Waals surface area contributed by atoms with Gasteiger partial charge < -0.3 is 14.2 Å². The molecule has 3 rings (SSSR count). The van der Waals surface area contributed by atoms with Gasteiger partial charge in [-0.1, -0.05) is 45.8 Å². The van der Waals surface area contributed by atoms with Crippen molar-refractivity contribution in [3.8, 4) is 17.2 Å². The van der Waals surface area contributed by atoms with Gasteiger partial charge in [-0.2, -0.15) is 5.10 Å². The van der Waals surface area contributed by atoms with Crippen LogP contribution in [0.4, 0.5) is 0 Å². The molecule has 0 heterocycles. The molecule has 0 fully saturated rings. The zero-order valence-electron chi connectivity index (χ0n) is 18.2. The Bertz CT molecular complexity index is 1100. The Kier molecular flexibility index (Phi) is 8.27. The third kappa shape index (κ3) is 6.85. The van der Waals surface area contributed by atoms with Gasteiger partial charge in [0, 0.05) is 4.47 Å². The molecular formula is C25H25BrN2O4. The van der Waals surface area contributed by atoms with E-state index < -0.39 is 0 Å². The molecule has 6 nitrogen and oxygen atoms in total.